The van der Waals surface area contributed by atoms with Crippen molar-refractivity contribution in [3.05, 3.63) is 0 Å². The van der Waals surface area contributed by atoms with Gasteiger partial charge in [0.05, 0.1) is 0 Å². The fourth-order valence-electron chi connectivity index (χ4n) is 2.32. The number of likely N-dealkylation sites (N-methyl/N-ethyl adjacent to an activating group) is 1. The van der Waals surface area contributed by atoms with Gasteiger partial charge >= 0.3 is 0 Å². The van der Waals surface area contributed by atoms with Crippen LogP contribution in [0, 0.1) is 5.92 Å². The van der Waals surface area contributed by atoms with Gasteiger partial charge in [-0.15, -0.1) is 0 Å². The third-order valence-electron chi connectivity index (χ3n) is 3.71. The molecule has 0 aliphatic carbocycles. The third-order valence-corrected chi connectivity index (χ3v) is 3.71. The van der Waals surface area contributed by atoms with E-state index in [2.05, 4.69) is 10.2 Å². The third kappa shape index (κ3) is 3.19. The van der Waals surface area contributed by atoms with Gasteiger partial charge in [-0.05, 0) is 44.9 Å². The lowest BCUT2D eigenvalue weighted by molar-refractivity contribution is -0.131. The molecule has 0 spiro atoms. The van der Waals surface area contributed by atoms with Crippen molar-refractivity contribution >= 4 is 5.91 Å². The summed E-state index contributed by atoms with van der Waals surface area (Å²) < 4.78 is 0. The second-order valence-corrected chi connectivity index (χ2v) is 5.09. The summed E-state index contributed by atoms with van der Waals surface area (Å²) in [6.07, 6.45) is 3.38. The van der Waals surface area contributed by atoms with E-state index in [1.54, 1.807) is 0 Å². The van der Waals surface area contributed by atoms with Gasteiger partial charge in [-0.3, -0.25) is 4.79 Å². The lowest BCUT2D eigenvalue weighted by Gasteiger charge is -2.29. The molecule has 0 aromatic rings. The van der Waals surface area contributed by atoms with Crippen molar-refractivity contribution in [2.24, 2.45) is 5.92 Å². The molecule has 0 radical (unpaired) electrons. The summed E-state index contributed by atoms with van der Waals surface area (Å²) in [4.78, 5) is 16.2. The maximum Gasteiger partial charge on any atom is 0.222 e. The van der Waals surface area contributed by atoms with Crippen molar-refractivity contribution in [1.29, 1.82) is 0 Å². The Morgan fingerprint density at radius 2 is 2.06 bits per heavy atom. The molecule has 0 aromatic heterocycles. The second kappa shape index (κ2) is 5.64. The van der Waals surface area contributed by atoms with Gasteiger partial charge in [0.25, 0.3) is 0 Å². The van der Waals surface area contributed by atoms with Crippen molar-refractivity contribution < 1.29 is 4.79 Å². The first kappa shape index (κ1) is 11.9. The first-order chi connectivity index (χ1) is 7.75. The smallest absolute Gasteiger partial charge is 0.222 e. The van der Waals surface area contributed by atoms with Crippen LogP contribution >= 0.6 is 0 Å². The fourth-order valence-corrected chi connectivity index (χ4v) is 2.32. The molecule has 0 atom stereocenters. The van der Waals surface area contributed by atoms with E-state index in [-0.39, 0.29) is 0 Å². The molecule has 2 rings (SSSR count). The second-order valence-electron chi connectivity index (χ2n) is 5.09. The van der Waals surface area contributed by atoms with Crippen LogP contribution in [0.2, 0.25) is 0 Å². The Kier molecular flexibility index (Phi) is 4.18. The van der Waals surface area contributed by atoms with Crippen LogP contribution < -0.4 is 5.32 Å². The number of nitrogens with zero attached hydrogens (tertiary/aromatic N) is 2. The molecule has 2 aliphatic heterocycles. The topological polar surface area (TPSA) is 35.6 Å². The van der Waals surface area contributed by atoms with Crippen molar-refractivity contribution in [3.63, 3.8) is 0 Å². The van der Waals surface area contributed by atoms with Crippen LogP contribution in [-0.2, 0) is 4.79 Å². The summed E-state index contributed by atoms with van der Waals surface area (Å²) in [5.74, 6) is 0.896. The highest BCUT2D eigenvalue weighted by Crippen LogP contribution is 2.10. The highest BCUT2D eigenvalue weighted by Gasteiger charge is 2.22. The predicted octanol–water partition coefficient (Wildman–Crippen LogP) is 0.150. The molecule has 2 heterocycles. The maximum absolute atomic E-state index is 11.8. The molecule has 1 N–H and O–H groups in total. The normalized spacial score (nSPS) is 22.1. The number of amides is 1. The number of carbonyl (C=O) groups is 1. The van der Waals surface area contributed by atoms with Gasteiger partial charge in [-0.2, -0.15) is 0 Å². The summed E-state index contributed by atoms with van der Waals surface area (Å²) in [6, 6.07) is 0. The van der Waals surface area contributed by atoms with Gasteiger partial charge < -0.3 is 15.1 Å². The van der Waals surface area contributed by atoms with Crippen molar-refractivity contribution in [3.8, 4) is 0 Å². The highest BCUT2D eigenvalue weighted by molar-refractivity contribution is 5.76. The quantitative estimate of drug-likeness (QED) is 0.723. The Morgan fingerprint density at radius 1 is 1.38 bits per heavy atom. The lowest BCUT2D eigenvalue weighted by Crippen LogP contribution is -2.45. The first-order valence-corrected chi connectivity index (χ1v) is 6.43. The standard InChI is InChI=1S/C12H23N3O/c1-14(6-7-15-4-2-3-5-15)12(16)8-11-9-13-10-11/h11,13H,2-10H2,1H3. The molecule has 2 saturated heterocycles. The van der Waals surface area contributed by atoms with E-state index in [1.165, 1.54) is 25.9 Å². The van der Waals surface area contributed by atoms with Gasteiger partial charge in [0.15, 0.2) is 0 Å². The van der Waals surface area contributed by atoms with E-state index in [4.69, 9.17) is 0 Å². The molecule has 0 unspecified atom stereocenters. The molecule has 92 valence electrons. The Labute approximate surface area is 98.0 Å². The van der Waals surface area contributed by atoms with Gasteiger partial charge in [-0.25, -0.2) is 0 Å². The molecule has 4 nitrogen and oxygen atoms in total. The van der Waals surface area contributed by atoms with E-state index in [0.717, 1.165) is 32.6 Å². The van der Waals surface area contributed by atoms with Gasteiger partial charge in [-0.1, -0.05) is 0 Å². The van der Waals surface area contributed by atoms with Crippen LogP contribution in [0.5, 0.6) is 0 Å². The average molecular weight is 225 g/mol. The molecule has 0 aromatic carbocycles. The molecular weight excluding hydrogens is 202 g/mol. The zero-order valence-electron chi connectivity index (χ0n) is 10.2. The number of hydrogen-bond donors (Lipinski definition) is 1. The molecule has 1 amide bonds. The molecule has 0 saturated carbocycles. The summed E-state index contributed by atoms with van der Waals surface area (Å²) in [5, 5.41) is 3.20. The molecule has 4 heteroatoms. The summed E-state index contributed by atoms with van der Waals surface area (Å²) in [6.45, 7) is 6.41. The van der Waals surface area contributed by atoms with Gasteiger partial charge in [0.2, 0.25) is 5.91 Å². The largest absolute Gasteiger partial charge is 0.344 e. The molecule has 2 fully saturated rings. The van der Waals surface area contributed by atoms with E-state index in [1.807, 2.05) is 11.9 Å². The van der Waals surface area contributed by atoms with Crippen LogP contribution in [0.15, 0.2) is 0 Å². The number of hydrogen-bond acceptors (Lipinski definition) is 3. The van der Waals surface area contributed by atoms with Crippen molar-refractivity contribution in [2.45, 2.75) is 19.3 Å². The Balaban J connectivity index is 1.61. The van der Waals surface area contributed by atoms with Crippen molar-refractivity contribution in [2.75, 3.05) is 46.3 Å². The summed E-state index contributed by atoms with van der Waals surface area (Å²) in [5.41, 5.74) is 0. The minimum absolute atomic E-state index is 0.311. The maximum atomic E-state index is 11.8. The molecule has 2 aliphatic rings. The van der Waals surface area contributed by atoms with E-state index in [9.17, 15) is 4.79 Å². The van der Waals surface area contributed by atoms with Crippen LogP contribution in [0.4, 0.5) is 0 Å². The molecular formula is C12H23N3O. The Morgan fingerprint density at radius 3 is 2.62 bits per heavy atom. The van der Waals surface area contributed by atoms with Crippen LogP contribution in [-0.4, -0.2) is 62.0 Å². The van der Waals surface area contributed by atoms with Crippen LogP contribution in [0.3, 0.4) is 0 Å². The summed E-state index contributed by atoms with van der Waals surface area (Å²) in [7, 11) is 1.94. The Bertz CT molecular complexity index is 234. The molecule has 0 bridgehead atoms. The number of likely N-dealkylation sites (tertiary alicyclic amines) is 1. The lowest BCUT2D eigenvalue weighted by atomic mass is 9.99. The van der Waals surface area contributed by atoms with Gasteiger partial charge in [0, 0.05) is 26.6 Å². The molecule has 16 heavy (non-hydrogen) atoms. The monoisotopic (exact) mass is 225 g/mol. The van der Waals surface area contributed by atoms with Crippen molar-refractivity contribution in [1.82, 2.24) is 15.1 Å². The van der Waals surface area contributed by atoms with Gasteiger partial charge in [0.1, 0.15) is 0 Å². The summed E-state index contributed by atoms with van der Waals surface area (Å²) >= 11 is 0. The average Bonchev–Trinajstić information content (AvgIpc) is 2.72. The van der Waals surface area contributed by atoms with Crippen LogP contribution in [0.25, 0.3) is 0 Å². The zero-order chi connectivity index (χ0) is 11.4. The van der Waals surface area contributed by atoms with E-state index < -0.39 is 0 Å². The highest BCUT2D eigenvalue weighted by atomic mass is 16.2. The minimum Gasteiger partial charge on any atom is -0.344 e. The van der Waals surface area contributed by atoms with E-state index in [0.29, 0.717) is 11.8 Å². The zero-order valence-corrected chi connectivity index (χ0v) is 10.2. The predicted molar refractivity (Wildman–Crippen MR) is 64.3 cm³/mol. The van der Waals surface area contributed by atoms with Crippen LogP contribution in [0.1, 0.15) is 19.3 Å². The number of carbonyl (C=O) groups excluding carboxylic acids is 1. The number of nitrogens with one attached hydrogen (secondary N) is 1. The fraction of sp³-hybridized carbons (Fsp3) is 0.917. The minimum atomic E-state index is 0.311. The van der Waals surface area contributed by atoms with E-state index >= 15 is 0 Å². The number of rotatable bonds is 5. The first-order valence-electron chi connectivity index (χ1n) is 6.43. The SMILES string of the molecule is CN(CCN1CCCC1)C(=O)CC1CNC1. The Hall–Kier alpha value is -0.610.